The lowest BCUT2D eigenvalue weighted by molar-refractivity contribution is -0.141. The van der Waals surface area contributed by atoms with Crippen LogP contribution in [0.2, 0.25) is 0 Å². The number of halogens is 1. The first-order valence-corrected chi connectivity index (χ1v) is 4.47. The van der Waals surface area contributed by atoms with Crippen LogP contribution < -0.4 is 5.73 Å². The zero-order valence-corrected chi connectivity index (χ0v) is 7.76. The molecule has 0 aliphatic carbocycles. The Kier molecular flexibility index (Phi) is 5.61. The van der Waals surface area contributed by atoms with Gasteiger partial charge in [-0.05, 0) is 22.6 Å². The van der Waals surface area contributed by atoms with Crippen molar-refractivity contribution in [1.29, 1.82) is 0 Å². The molecule has 0 saturated heterocycles. The van der Waals surface area contributed by atoms with Crippen LogP contribution in [0.25, 0.3) is 0 Å². The zero-order valence-electron chi connectivity index (χ0n) is 4.71. The van der Waals surface area contributed by atoms with Crippen LogP contribution in [0.1, 0.15) is 0 Å². The Bertz CT molecular complexity index is 101. The zero-order chi connectivity index (χ0) is 7.28. The maximum absolute atomic E-state index is 10.6. The molecule has 0 aromatic carbocycles. The number of carbonyl (C=O) groups is 1. The van der Waals surface area contributed by atoms with E-state index in [-0.39, 0.29) is 5.97 Å². The van der Waals surface area contributed by atoms with Crippen molar-refractivity contribution in [2.24, 2.45) is 5.73 Å². The molecule has 1 unspecified atom stereocenters. The molecular weight excluding hydrogens is 253 g/mol. The van der Waals surface area contributed by atoms with Gasteiger partial charge in [-0.2, -0.15) is 12.6 Å². The molecule has 0 rings (SSSR count). The van der Waals surface area contributed by atoms with E-state index in [9.17, 15) is 4.79 Å². The summed E-state index contributed by atoms with van der Waals surface area (Å²) in [5, 5.41) is 0. The van der Waals surface area contributed by atoms with Gasteiger partial charge in [-0.25, -0.2) is 0 Å². The summed E-state index contributed by atoms with van der Waals surface area (Å²) >= 11 is 5.75. The fourth-order valence-electron chi connectivity index (χ4n) is 0.235. The topological polar surface area (TPSA) is 52.3 Å². The van der Waals surface area contributed by atoms with Gasteiger partial charge in [0, 0.05) is 5.75 Å². The molecule has 0 aromatic heterocycles. The van der Waals surface area contributed by atoms with Gasteiger partial charge in [-0.1, -0.05) is 0 Å². The molecule has 0 bridgehead atoms. The lowest BCUT2D eigenvalue weighted by Gasteiger charge is -2.04. The summed E-state index contributed by atoms with van der Waals surface area (Å²) in [6.07, 6.45) is 0. The number of hydrogen-bond acceptors (Lipinski definition) is 4. The third-order valence-electron chi connectivity index (χ3n) is 0.696. The molecule has 0 amide bonds. The van der Waals surface area contributed by atoms with Crippen molar-refractivity contribution in [1.82, 2.24) is 0 Å². The van der Waals surface area contributed by atoms with Crippen LogP contribution in [-0.2, 0) is 9.53 Å². The maximum atomic E-state index is 10.6. The largest absolute Gasteiger partial charge is 0.454 e. The average molecular weight is 261 g/mol. The summed E-state index contributed by atoms with van der Waals surface area (Å²) < 4.78 is 4.91. The Labute approximate surface area is 72.9 Å². The van der Waals surface area contributed by atoms with Crippen molar-refractivity contribution in [2.45, 2.75) is 6.04 Å². The van der Waals surface area contributed by atoms with Crippen LogP contribution in [0, 0.1) is 0 Å². The van der Waals surface area contributed by atoms with E-state index in [0.717, 1.165) is 0 Å². The second-order valence-electron chi connectivity index (χ2n) is 1.36. The Balaban J connectivity index is 3.46. The summed E-state index contributed by atoms with van der Waals surface area (Å²) in [5.74, 6) is -0.0606. The quantitative estimate of drug-likeness (QED) is 0.330. The minimum atomic E-state index is -0.580. The van der Waals surface area contributed by atoms with E-state index in [1.807, 2.05) is 22.6 Å². The Hall–Kier alpha value is 0.510. The van der Waals surface area contributed by atoms with Crippen LogP contribution in [0.15, 0.2) is 0 Å². The molecule has 1 atom stereocenters. The van der Waals surface area contributed by atoms with Crippen molar-refractivity contribution < 1.29 is 9.53 Å². The number of hydrogen-bond donors (Lipinski definition) is 2. The number of nitrogens with two attached hydrogens (primary N) is 1. The van der Waals surface area contributed by atoms with E-state index in [2.05, 4.69) is 17.4 Å². The third-order valence-corrected chi connectivity index (χ3v) is 1.40. The van der Waals surface area contributed by atoms with Gasteiger partial charge in [-0.15, -0.1) is 0 Å². The summed E-state index contributed by atoms with van der Waals surface area (Å²) in [6, 6.07) is -0.580. The van der Waals surface area contributed by atoms with E-state index in [0.29, 0.717) is 10.4 Å². The number of thiol groups is 1. The highest BCUT2D eigenvalue weighted by atomic mass is 127. The fraction of sp³-hybridized carbons (Fsp3) is 0.750. The van der Waals surface area contributed by atoms with E-state index in [1.165, 1.54) is 0 Å². The standard InChI is InChI=1S/C4H8INO2S/c5-2-8-4(7)3(6)1-9/h3,9H,1-2,6H2. The van der Waals surface area contributed by atoms with Gasteiger partial charge >= 0.3 is 5.97 Å². The van der Waals surface area contributed by atoms with Gasteiger partial charge in [-0.3, -0.25) is 4.79 Å². The van der Waals surface area contributed by atoms with Crippen LogP contribution in [0.3, 0.4) is 0 Å². The first-order chi connectivity index (χ1) is 4.22. The van der Waals surface area contributed by atoms with Gasteiger partial charge < -0.3 is 10.5 Å². The number of carbonyl (C=O) groups excluding carboxylic acids is 1. The van der Waals surface area contributed by atoms with Crippen molar-refractivity contribution in [3.05, 3.63) is 0 Å². The minimum Gasteiger partial charge on any atom is -0.454 e. The monoisotopic (exact) mass is 261 g/mol. The lowest BCUT2D eigenvalue weighted by atomic mass is 10.4. The molecule has 0 radical (unpaired) electrons. The molecule has 0 aliphatic rings. The molecule has 0 fully saturated rings. The summed E-state index contributed by atoms with van der Waals surface area (Å²) in [6.45, 7) is 0. The molecule has 0 spiro atoms. The highest BCUT2D eigenvalue weighted by molar-refractivity contribution is 14.1. The molecule has 2 N–H and O–H groups in total. The predicted octanol–water partition coefficient (Wildman–Crippen LogP) is 0.179. The second-order valence-corrected chi connectivity index (χ2v) is 2.35. The smallest absolute Gasteiger partial charge is 0.324 e. The molecular formula is C4H8INO2S. The van der Waals surface area contributed by atoms with E-state index in [1.54, 1.807) is 0 Å². The van der Waals surface area contributed by atoms with Crippen LogP contribution >= 0.6 is 35.2 Å². The highest BCUT2D eigenvalue weighted by Crippen LogP contribution is 1.91. The maximum Gasteiger partial charge on any atom is 0.324 e. The summed E-state index contributed by atoms with van der Waals surface area (Å²) in [7, 11) is 0. The predicted molar refractivity (Wildman–Crippen MR) is 46.8 cm³/mol. The Morgan fingerprint density at radius 3 is 2.78 bits per heavy atom. The van der Waals surface area contributed by atoms with Crippen LogP contribution in [0.5, 0.6) is 0 Å². The van der Waals surface area contributed by atoms with Gasteiger partial charge in [0.15, 0.2) is 0 Å². The Morgan fingerprint density at radius 1 is 1.89 bits per heavy atom. The second kappa shape index (κ2) is 5.31. The van der Waals surface area contributed by atoms with Gasteiger partial charge in [0.2, 0.25) is 0 Å². The van der Waals surface area contributed by atoms with E-state index < -0.39 is 6.04 Å². The van der Waals surface area contributed by atoms with Crippen LogP contribution in [-0.4, -0.2) is 22.4 Å². The molecule has 54 valence electrons. The Morgan fingerprint density at radius 2 is 2.44 bits per heavy atom. The highest BCUT2D eigenvalue weighted by Gasteiger charge is 2.10. The normalized spacial score (nSPS) is 12.8. The molecule has 0 saturated carbocycles. The molecule has 0 aromatic rings. The number of rotatable bonds is 3. The molecule has 3 nitrogen and oxygen atoms in total. The summed E-state index contributed by atoms with van der Waals surface area (Å²) in [4.78, 5) is 10.6. The van der Waals surface area contributed by atoms with Crippen molar-refractivity contribution in [2.75, 3.05) is 10.4 Å². The summed E-state index contributed by atoms with van der Waals surface area (Å²) in [5.41, 5.74) is 5.25. The molecule has 0 aliphatic heterocycles. The van der Waals surface area contributed by atoms with Crippen molar-refractivity contribution in [3.8, 4) is 0 Å². The van der Waals surface area contributed by atoms with Crippen LogP contribution in [0.4, 0.5) is 0 Å². The molecule has 0 heterocycles. The van der Waals surface area contributed by atoms with Gasteiger partial charge in [0.05, 0.1) is 0 Å². The average Bonchev–Trinajstić information content (AvgIpc) is 1.87. The van der Waals surface area contributed by atoms with Crippen molar-refractivity contribution in [3.63, 3.8) is 0 Å². The van der Waals surface area contributed by atoms with Gasteiger partial charge in [0.25, 0.3) is 0 Å². The first kappa shape index (κ1) is 9.51. The lowest BCUT2D eigenvalue weighted by Crippen LogP contribution is -2.33. The van der Waals surface area contributed by atoms with Crippen molar-refractivity contribution >= 4 is 41.2 Å². The SMILES string of the molecule is NC(CS)C(=O)OCI. The van der Waals surface area contributed by atoms with E-state index >= 15 is 0 Å². The number of ether oxygens (including phenoxy) is 1. The number of alkyl halides is 1. The van der Waals surface area contributed by atoms with Gasteiger partial charge in [0.1, 0.15) is 10.7 Å². The fourth-order valence-corrected chi connectivity index (χ4v) is 0.691. The minimum absolute atomic E-state index is 0.329. The molecule has 9 heavy (non-hydrogen) atoms. The van der Waals surface area contributed by atoms with E-state index in [4.69, 9.17) is 5.73 Å². The first-order valence-electron chi connectivity index (χ1n) is 2.31. The third kappa shape index (κ3) is 3.99. The molecule has 5 heteroatoms. The number of esters is 1.